The number of fused-ring (bicyclic) bond motifs is 1. The highest BCUT2D eigenvalue weighted by atomic mass is 16.7. The van der Waals surface area contributed by atoms with Crippen LogP contribution in [-0.4, -0.2) is 37.8 Å². The molecular weight excluding hydrogens is 266 g/mol. The van der Waals surface area contributed by atoms with Crippen molar-refractivity contribution in [3.8, 4) is 11.5 Å². The fourth-order valence-corrected chi connectivity index (χ4v) is 2.78. The molecule has 2 aliphatic heterocycles. The van der Waals surface area contributed by atoms with Gasteiger partial charge in [-0.15, -0.1) is 0 Å². The molecule has 0 unspecified atom stereocenters. The normalized spacial score (nSPS) is 19.0. The number of nitrogens with zero attached hydrogens (tertiary/aromatic N) is 2. The van der Waals surface area contributed by atoms with E-state index >= 15 is 0 Å². The fraction of sp³-hybridized carbons (Fsp3) is 0.562. The van der Waals surface area contributed by atoms with Gasteiger partial charge in [-0.1, -0.05) is 13.0 Å². The Hall–Kier alpha value is -1.91. The van der Waals surface area contributed by atoms with Crippen molar-refractivity contribution in [2.75, 3.05) is 26.9 Å². The average molecular weight is 289 g/mol. The Kier molecular flexibility index (Phi) is 4.18. The molecule has 0 aromatic heterocycles. The molecule has 5 heteroatoms. The van der Waals surface area contributed by atoms with Crippen LogP contribution in [0.15, 0.2) is 23.2 Å². The minimum Gasteiger partial charge on any atom is -0.454 e. The lowest BCUT2D eigenvalue weighted by molar-refractivity contribution is 0.174. The van der Waals surface area contributed by atoms with E-state index < -0.39 is 0 Å². The van der Waals surface area contributed by atoms with Gasteiger partial charge >= 0.3 is 0 Å². The number of hydrogen-bond donors (Lipinski definition) is 1. The lowest BCUT2D eigenvalue weighted by atomic mass is 9.99. The molecular formula is C16H23N3O2. The topological polar surface area (TPSA) is 46.1 Å². The third kappa shape index (κ3) is 3.23. The van der Waals surface area contributed by atoms with E-state index in [2.05, 4.69) is 28.2 Å². The zero-order valence-electron chi connectivity index (χ0n) is 12.8. The highest BCUT2D eigenvalue weighted by molar-refractivity contribution is 5.80. The van der Waals surface area contributed by atoms with Crippen LogP contribution in [0, 0.1) is 5.92 Å². The Labute approximate surface area is 126 Å². The summed E-state index contributed by atoms with van der Waals surface area (Å²) in [6.07, 6.45) is 2.48. The van der Waals surface area contributed by atoms with E-state index in [9.17, 15) is 0 Å². The number of hydrogen-bond acceptors (Lipinski definition) is 3. The molecule has 0 atom stereocenters. The summed E-state index contributed by atoms with van der Waals surface area (Å²) in [4.78, 5) is 6.74. The van der Waals surface area contributed by atoms with Crippen molar-refractivity contribution in [3.05, 3.63) is 23.8 Å². The first-order valence-electron chi connectivity index (χ1n) is 7.60. The molecule has 0 spiro atoms. The summed E-state index contributed by atoms with van der Waals surface area (Å²) in [7, 11) is 1.85. The number of likely N-dealkylation sites (tertiary alicyclic amines) is 1. The predicted molar refractivity (Wildman–Crippen MR) is 82.7 cm³/mol. The maximum Gasteiger partial charge on any atom is 0.231 e. The van der Waals surface area contributed by atoms with E-state index in [1.54, 1.807) is 0 Å². The van der Waals surface area contributed by atoms with E-state index in [4.69, 9.17) is 9.47 Å². The van der Waals surface area contributed by atoms with E-state index in [0.717, 1.165) is 43.0 Å². The quantitative estimate of drug-likeness (QED) is 0.670. The van der Waals surface area contributed by atoms with Gasteiger partial charge in [0.15, 0.2) is 17.5 Å². The number of piperidine rings is 1. The first-order chi connectivity index (χ1) is 10.3. The molecule has 21 heavy (non-hydrogen) atoms. The van der Waals surface area contributed by atoms with Gasteiger partial charge in [0.1, 0.15) is 0 Å². The number of aliphatic imine (C=N–C) groups is 1. The Morgan fingerprint density at radius 3 is 2.81 bits per heavy atom. The third-order valence-corrected chi connectivity index (χ3v) is 4.18. The molecule has 0 saturated carbocycles. The zero-order chi connectivity index (χ0) is 14.7. The first kappa shape index (κ1) is 14.0. The molecule has 0 amide bonds. The first-order valence-corrected chi connectivity index (χ1v) is 7.60. The summed E-state index contributed by atoms with van der Waals surface area (Å²) in [6, 6.07) is 6.05. The van der Waals surface area contributed by atoms with E-state index in [1.165, 1.54) is 18.4 Å². The molecule has 2 heterocycles. The second kappa shape index (κ2) is 6.24. The van der Waals surface area contributed by atoms with E-state index in [0.29, 0.717) is 6.79 Å². The van der Waals surface area contributed by atoms with Gasteiger partial charge in [0.2, 0.25) is 6.79 Å². The molecule has 2 aliphatic rings. The van der Waals surface area contributed by atoms with Gasteiger partial charge in [-0.05, 0) is 36.5 Å². The number of nitrogens with one attached hydrogen (secondary N) is 1. The summed E-state index contributed by atoms with van der Waals surface area (Å²) in [5, 5.41) is 3.44. The van der Waals surface area contributed by atoms with Crippen molar-refractivity contribution in [2.45, 2.75) is 26.3 Å². The Morgan fingerprint density at radius 2 is 2.05 bits per heavy atom. The molecule has 3 rings (SSSR count). The van der Waals surface area contributed by atoms with Gasteiger partial charge in [0, 0.05) is 26.7 Å². The van der Waals surface area contributed by atoms with E-state index in [1.807, 2.05) is 19.2 Å². The van der Waals surface area contributed by atoms with Crippen LogP contribution >= 0.6 is 0 Å². The lowest BCUT2D eigenvalue weighted by Gasteiger charge is -2.32. The van der Waals surface area contributed by atoms with Crippen LogP contribution in [0.1, 0.15) is 25.3 Å². The molecule has 1 fully saturated rings. The van der Waals surface area contributed by atoms with Crippen molar-refractivity contribution >= 4 is 5.96 Å². The molecule has 0 radical (unpaired) electrons. The van der Waals surface area contributed by atoms with Crippen LogP contribution in [0.5, 0.6) is 11.5 Å². The second-order valence-electron chi connectivity index (χ2n) is 5.76. The summed E-state index contributed by atoms with van der Waals surface area (Å²) in [6.45, 7) is 5.55. The number of ether oxygens (including phenoxy) is 2. The van der Waals surface area contributed by atoms with Gasteiger partial charge in [-0.25, -0.2) is 0 Å². The Bertz CT molecular complexity index is 522. The smallest absolute Gasteiger partial charge is 0.231 e. The summed E-state index contributed by atoms with van der Waals surface area (Å²) in [5.41, 5.74) is 1.17. The lowest BCUT2D eigenvalue weighted by Crippen LogP contribution is -2.45. The van der Waals surface area contributed by atoms with Crippen LogP contribution in [0.3, 0.4) is 0 Å². The van der Waals surface area contributed by atoms with Gasteiger partial charge in [0.25, 0.3) is 0 Å². The molecule has 114 valence electrons. The van der Waals surface area contributed by atoms with Gasteiger partial charge in [-0.2, -0.15) is 0 Å². The van der Waals surface area contributed by atoms with Gasteiger partial charge in [-0.3, -0.25) is 4.99 Å². The van der Waals surface area contributed by atoms with Crippen molar-refractivity contribution in [2.24, 2.45) is 10.9 Å². The summed E-state index contributed by atoms with van der Waals surface area (Å²) in [5.74, 6) is 3.47. The van der Waals surface area contributed by atoms with Crippen molar-refractivity contribution in [1.82, 2.24) is 10.2 Å². The molecule has 1 saturated heterocycles. The highest BCUT2D eigenvalue weighted by Crippen LogP contribution is 2.32. The minimum atomic E-state index is 0.319. The molecule has 1 N–H and O–H groups in total. The largest absolute Gasteiger partial charge is 0.454 e. The van der Waals surface area contributed by atoms with Crippen LogP contribution in [0.4, 0.5) is 0 Å². The number of benzene rings is 1. The van der Waals surface area contributed by atoms with Crippen LogP contribution in [-0.2, 0) is 6.54 Å². The maximum atomic E-state index is 5.41. The maximum absolute atomic E-state index is 5.41. The zero-order valence-corrected chi connectivity index (χ0v) is 12.8. The average Bonchev–Trinajstić information content (AvgIpc) is 2.97. The van der Waals surface area contributed by atoms with Crippen molar-refractivity contribution in [3.63, 3.8) is 0 Å². The Balaban J connectivity index is 1.58. The predicted octanol–water partition coefficient (Wildman–Crippen LogP) is 2.22. The van der Waals surface area contributed by atoms with Crippen LogP contribution in [0.25, 0.3) is 0 Å². The fourth-order valence-electron chi connectivity index (χ4n) is 2.78. The Morgan fingerprint density at radius 1 is 1.29 bits per heavy atom. The third-order valence-electron chi connectivity index (χ3n) is 4.18. The monoisotopic (exact) mass is 289 g/mol. The van der Waals surface area contributed by atoms with Gasteiger partial charge in [0.05, 0.1) is 0 Å². The molecule has 5 nitrogen and oxygen atoms in total. The highest BCUT2D eigenvalue weighted by Gasteiger charge is 2.19. The summed E-state index contributed by atoms with van der Waals surface area (Å²) >= 11 is 0. The van der Waals surface area contributed by atoms with Crippen LogP contribution < -0.4 is 14.8 Å². The minimum absolute atomic E-state index is 0.319. The molecule has 1 aromatic carbocycles. The van der Waals surface area contributed by atoms with Crippen molar-refractivity contribution in [1.29, 1.82) is 0 Å². The standard InChI is InChI=1S/C16H23N3O2/c1-12-5-7-19(8-6-12)16(17-2)18-10-13-3-4-14-15(9-13)21-11-20-14/h3-4,9,12H,5-8,10-11H2,1-2H3,(H,17,18). The molecule has 0 aliphatic carbocycles. The number of guanidine groups is 1. The summed E-state index contributed by atoms with van der Waals surface area (Å²) < 4.78 is 10.7. The van der Waals surface area contributed by atoms with Crippen molar-refractivity contribution < 1.29 is 9.47 Å². The molecule has 0 bridgehead atoms. The SMILES string of the molecule is CN=C(NCc1ccc2c(c1)OCO2)N1CCC(C)CC1. The van der Waals surface area contributed by atoms with E-state index in [-0.39, 0.29) is 0 Å². The van der Waals surface area contributed by atoms with Crippen LogP contribution in [0.2, 0.25) is 0 Å². The second-order valence-corrected chi connectivity index (χ2v) is 5.76. The molecule has 1 aromatic rings. The number of rotatable bonds is 2. The van der Waals surface area contributed by atoms with Gasteiger partial charge < -0.3 is 19.7 Å².